The monoisotopic (exact) mass is 386 g/mol. The molecule has 1 atom stereocenters. The summed E-state index contributed by atoms with van der Waals surface area (Å²) < 4.78 is 32.3. The number of aryl methyl sites for hydroxylation is 1. The first-order chi connectivity index (χ1) is 12.0. The molecule has 0 saturated carbocycles. The van der Waals surface area contributed by atoms with Crippen molar-refractivity contribution in [2.75, 3.05) is 13.2 Å². The van der Waals surface area contributed by atoms with Gasteiger partial charge in [0, 0.05) is 12.6 Å². The van der Waals surface area contributed by atoms with E-state index in [1.54, 1.807) is 32.9 Å². The highest BCUT2D eigenvalue weighted by atomic mass is 32.2. The highest BCUT2D eigenvalue weighted by Gasteiger charge is 2.19. The Kier molecular flexibility index (Phi) is 8.52. The minimum absolute atomic E-state index is 0.174. The van der Waals surface area contributed by atoms with Crippen LogP contribution in [0.2, 0.25) is 0 Å². The molecule has 7 nitrogen and oxygen atoms in total. The van der Waals surface area contributed by atoms with Gasteiger partial charge < -0.3 is 15.2 Å². The fourth-order valence-electron chi connectivity index (χ4n) is 2.21. The number of amides is 1. The van der Waals surface area contributed by atoms with Crippen LogP contribution < -0.4 is 10.0 Å². The van der Waals surface area contributed by atoms with Gasteiger partial charge in [0.2, 0.25) is 10.0 Å². The molecule has 148 valence electrons. The molecule has 8 heteroatoms. The van der Waals surface area contributed by atoms with Crippen molar-refractivity contribution in [1.82, 2.24) is 10.0 Å². The fraction of sp³-hybridized carbons (Fsp3) is 0.611. The highest BCUT2D eigenvalue weighted by Crippen LogP contribution is 2.12. The SMILES string of the molecule is Cc1ccc(S(=O)(=O)N[C@H](CO)CCCCNC(=O)OC(C)(C)C)cc1. The summed E-state index contributed by atoms with van der Waals surface area (Å²) in [5.41, 5.74) is 0.431. The van der Waals surface area contributed by atoms with E-state index in [-0.39, 0.29) is 11.5 Å². The molecule has 0 aliphatic carbocycles. The molecule has 0 aromatic heterocycles. The van der Waals surface area contributed by atoms with E-state index < -0.39 is 27.8 Å². The van der Waals surface area contributed by atoms with Crippen LogP contribution in [0.5, 0.6) is 0 Å². The van der Waals surface area contributed by atoms with Crippen LogP contribution in [0.1, 0.15) is 45.6 Å². The number of nitrogens with one attached hydrogen (secondary N) is 2. The van der Waals surface area contributed by atoms with Gasteiger partial charge in [0.15, 0.2) is 0 Å². The molecule has 0 unspecified atom stereocenters. The largest absolute Gasteiger partial charge is 0.444 e. The number of aliphatic hydroxyl groups excluding tert-OH is 1. The van der Waals surface area contributed by atoms with Gasteiger partial charge in [-0.25, -0.2) is 17.9 Å². The van der Waals surface area contributed by atoms with Gasteiger partial charge in [0.25, 0.3) is 0 Å². The van der Waals surface area contributed by atoms with Crippen molar-refractivity contribution in [3.05, 3.63) is 29.8 Å². The third-order valence-corrected chi connectivity index (χ3v) is 5.06. The third kappa shape index (κ3) is 8.64. The summed E-state index contributed by atoms with van der Waals surface area (Å²) in [6.45, 7) is 7.39. The average Bonchev–Trinajstić information content (AvgIpc) is 2.52. The maximum absolute atomic E-state index is 12.3. The van der Waals surface area contributed by atoms with Gasteiger partial charge in [-0.05, 0) is 52.7 Å². The molecule has 0 aliphatic heterocycles. The molecule has 0 heterocycles. The molecule has 0 bridgehead atoms. The summed E-state index contributed by atoms with van der Waals surface area (Å²) in [5, 5.41) is 12.1. The zero-order valence-corrected chi connectivity index (χ0v) is 16.7. The van der Waals surface area contributed by atoms with Crippen molar-refractivity contribution in [1.29, 1.82) is 0 Å². The van der Waals surface area contributed by atoms with Crippen LogP contribution in [0.4, 0.5) is 4.79 Å². The molecule has 0 spiro atoms. The lowest BCUT2D eigenvalue weighted by Crippen LogP contribution is -2.37. The van der Waals surface area contributed by atoms with E-state index in [0.29, 0.717) is 25.8 Å². The summed E-state index contributed by atoms with van der Waals surface area (Å²) in [6, 6.07) is 5.96. The van der Waals surface area contributed by atoms with Crippen LogP contribution in [-0.2, 0) is 14.8 Å². The van der Waals surface area contributed by atoms with E-state index in [2.05, 4.69) is 10.0 Å². The molecular weight excluding hydrogens is 356 g/mol. The first-order valence-electron chi connectivity index (χ1n) is 8.70. The lowest BCUT2D eigenvalue weighted by molar-refractivity contribution is 0.0526. The van der Waals surface area contributed by atoms with E-state index in [1.807, 2.05) is 6.92 Å². The van der Waals surface area contributed by atoms with Gasteiger partial charge in [0.05, 0.1) is 11.5 Å². The summed E-state index contributed by atoms with van der Waals surface area (Å²) in [4.78, 5) is 11.7. The first kappa shape index (κ1) is 22.4. The second-order valence-electron chi connectivity index (χ2n) is 7.24. The summed E-state index contributed by atoms with van der Waals surface area (Å²) in [6.07, 6.45) is 1.30. The van der Waals surface area contributed by atoms with Crippen molar-refractivity contribution in [3.8, 4) is 0 Å². The number of alkyl carbamates (subject to hydrolysis) is 1. The maximum atomic E-state index is 12.3. The van der Waals surface area contributed by atoms with Crippen LogP contribution in [0, 0.1) is 6.92 Å². The van der Waals surface area contributed by atoms with Crippen molar-refractivity contribution in [3.63, 3.8) is 0 Å². The number of hydrogen-bond donors (Lipinski definition) is 3. The summed E-state index contributed by atoms with van der Waals surface area (Å²) in [5.74, 6) is 0. The molecule has 1 aromatic carbocycles. The molecular formula is C18H30N2O5S. The second kappa shape index (κ2) is 9.89. The van der Waals surface area contributed by atoms with E-state index in [9.17, 15) is 18.3 Å². The normalized spacial score (nSPS) is 13.3. The molecule has 0 aliphatic rings. The number of unbranched alkanes of at least 4 members (excludes halogenated alkanes) is 1. The van der Waals surface area contributed by atoms with E-state index in [0.717, 1.165) is 5.56 Å². The molecule has 1 amide bonds. The van der Waals surface area contributed by atoms with Gasteiger partial charge in [-0.2, -0.15) is 0 Å². The van der Waals surface area contributed by atoms with Gasteiger partial charge >= 0.3 is 6.09 Å². The Bertz CT molecular complexity index is 666. The molecule has 0 fully saturated rings. The molecule has 0 saturated heterocycles. The Labute approximate surface area is 156 Å². The predicted octanol–water partition coefficient (Wildman–Crippen LogP) is 2.33. The minimum Gasteiger partial charge on any atom is -0.444 e. The average molecular weight is 387 g/mol. The molecule has 1 rings (SSSR count). The van der Waals surface area contributed by atoms with Crippen molar-refractivity contribution in [2.45, 2.75) is 63.5 Å². The van der Waals surface area contributed by atoms with Crippen LogP contribution in [0.25, 0.3) is 0 Å². The van der Waals surface area contributed by atoms with E-state index in [4.69, 9.17) is 4.74 Å². The Morgan fingerprint density at radius 2 is 1.81 bits per heavy atom. The van der Waals surface area contributed by atoms with Crippen LogP contribution in [0.15, 0.2) is 29.2 Å². The summed E-state index contributed by atoms with van der Waals surface area (Å²) in [7, 11) is -3.66. The third-order valence-electron chi connectivity index (χ3n) is 3.52. The molecule has 0 radical (unpaired) electrons. The van der Waals surface area contributed by atoms with Gasteiger partial charge in [-0.1, -0.05) is 24.1 Å². The Morgan fingerprint density at radius 3 is 2.35 bits per heavy atom. The fourth-order valence-corrected chi connectivity index (χ4v) is 3.47. The predicted molar refractivity (Wildman–Crippen MR) is 100 cm³/mol. The zero-order chi connectivity index (χ0) is 19.8. The molecule has 1 aromatic rings. The minimum atomic E-state index is -3.66. The van der Waals surface area contributed by atoms with Crippen molar-refractivity contribution >= 4 is 16.1 Å². The Morgan fingerprint density at radius 1 is 1.19 bits per heavy atom. The van der Waals surface area contributed by atoms with E-state index >= 15 is 0 Å². The number of sulfonamides is 1. The number of ether oxygens (including phenoxy) is 1. The lowest BCUT2D eigenvalue weighted by atomic mass is 10.1. The van der Waals surface area contributed by atoms with Crippen LogP contribution in [-0.4, -0.2) is 44.4 Å². The first-order valence-corrected chi connectivity index (χ1v) is 10.2. The topological polar surface area (TPSA) is 105 Å². The van der Waals surface area contributed by atoms with Gasteiger partial charge in [0.1, 0.15) is 5.60 Å². The number of hydrogen-bond acceptors (Lipinski definition) is 5. The van der Waals surface area contributed by atoms with Gasteiger partial charge in [-0.15, -0.1) is 0 Å². The maximum Gasteiger partial charge on any atom is 0.407 e. The lowest BCUT2D eigenvalue weighted by Gasteiger charge is -2.20. The zero-order valence-electron chi connectivity index (χ0n) is 15.9. The van der Waals surface area contributed by atoms with Crippen LogP contribution >= 0.6 is 0 Å². The number of carbonyl (C=O) groups is 1. The smallest absolute Gasteiger partial charge is 0.407 e. The van der Waals surface area contributed by atoms with E-state index in [1.165, 1.54) is 12.1 Å². The van der Waals surface area contributed by atoms with Crippen LogP contribution in [0.3, 0.4) is 0 Å². The molecule has 26 heavy (non-hydrogen) atoms. The van der Waals surface area contributed by atoms with Gasteiger partial charge in [-0.3, -0.25) is 0 Å². The Hall–Kier alpha value is -1.64. The number of rotatable bonds is 9. The van der Waals surface area contributed by atoms with Crippen molar-refractivity contribution < 1.29 is 23.1 Å². The number of benzene rings is 1. The standard InChI is InChI=1S/C18H30N2O5S/c1-14-8-10-16(11-9-14)26(23,24)20-15(13-21)7-5-6-12-19-17(22)25-18(2,3)4/h8-11,15,20-21H,5-7,12-13H2,1-4H3,(H,19,22)/t15-/m0/s1. The second-order valence-corrected chi connectivity index (χ2v) is 8.95. The quantitative estimate of drug-likeness (QED) is 0.565. The number of aliphatic hydroxyl groups is 1. The molecule has 3 N–H and O–H groups in total. The Balaban J connectivity index is 2.39. The summed E-state index contributed by atoms with van der Waals surface area (Å²) >= 11 is 0. The number of carbonyl (C=O) groups excluding carboxylic acids is 1. The van der Waals surface area contributed by atoms with Crippen molar-refractivity contribution in [2.24, 2.45) is 0 Å². The highest BCUT2D eigenvalue weighted by molar-refractivity contribution is 7.89.